The minimum absolute atomic E-state index is 0.00108. The van der Waals surface area contributed by atoms with Crippen molar-refractivity contribution in [2.24, 2.45) is 11.8 Å². The summed E-state index contributed by atoms with van der Waals surface area (Å²) in [4.78, 5) is 23.6. The minimum atomic E-state index is -4.51. The third-order valence-corrected chi connectivity index (χ3v) is 3.86. The SMILES string of the molecule is CC1=CC[C@@H](C(=O)O)[C@@H](C(=O)Nc2cccc(C(F)(F)F)c2)C1. The highest BCUT2D eigenvalue weighted by atomic mass is 19.4. The molecule has 2 N–H and O–H groups in total. The van der Waals surface area contributed by atoms with Crippen LogP contribution in [0.25, 0.3) is 0 Å². The van der Waals surface area contributed by atoms with Crippen LogP contribution in [0.1, 0.15) is 25.3 Å². The Morgan fingerprint density at radius 2 is 1.96 bits per heavy atom. The number of halogens is 3. The van der Waals surface area contributed by atoms with Gasteiger partial charge < -0.3 is 10.4 Å². The highest BCUT2D eigenvalue weighted by Gasteiger charge is 2.36. The van der Waals surface area contributed by atoms with Gasteiger partial charge in [0, 0.05) is 5.69 Å². The lowest BCUT2D eigenvalue weighted by molar-refractivity contribution is -0.146. The average molecular weight is 327 g/mol. The third kappa shape index (κ3) is 4.12. The van der Waals surface area contributed by atoms with Crippen LogP contribution >= 0.6 is 0 Å². The first kappa shape index (κ1) is 17.1. The number of nitrogens with one attached hydrogen (secondary N) is 1. The van der Waals surface area contributed by atoms with Gasteiger partial charge in [0.25, 0.3) is 0 Å². The number of carboxylic acid groups (broad SMARTS) is 1. The molecule has 1 aromatic carbocycles. The molecular weight excluding hydrogens is 311 g/mol. The summed E-state index contributed by atoms with van der Waals surface area (Å²) in [6.45, 7) is 1.79. The lowest BCUT2D eigenvalue weighted by Crippen LogP contribution is -2.35. The molecule has 0 aliphatic heterocycles. The summed E-state index contributed by atoms with van der Waals surface area (Å²) >= 11 is 0. The van der Waals surface area contributed by atoms with Gasteiger partial charge in [-0.1, -0.05) is 17.7 Å². The number of carbonyl (C=O) groups is 2. The van der Waals surface area contributed by atoms with Crippen molar-refractivity contribution in [3.05, 3.63) is 41.5 Å². The number of carboxylic acids is 1. The molecule has 0 aromatic heterocycles. The predicted octanol–water partition coefficient (Wildman–Crippen LogP) is 3.70. The Hall–Kier alpha value is -2.31. The second kappa shape index (κ2) is 6.44. The van der Waals surface area contributed by atoms with Crippen LogP contribution in [-0.2, 0) is 15.8 Å². The van der Waals surface area contributed by atoms with Crippen LogP contribution in [0, 0.1) is 11.8 Å². The first-order valence-corrected chi connectivity index (χ1v) is 7.05. The number of rotatable bonds is 3. The number of benzene rings is 1. The number of amides is 1. The largest absolute Gasteiger partial charge is 0.481 e. The average Bonchev–Trinajstić information content (AvgIpc) is 2.46. The van der Waals surface area contributed by atoms with E-state index in [0.717, 1.165) is 17.7 Å². The molecule has 0 spiro atoms. The fraction of sp³-hybridized carbons (Fsp3) is 0.375. The van der Waals surface area contributed by atoms with E-state index in [9.17, 15) is 27.9 Å². The van der Waals surface area contributed by atoms with E-state index in [4.69, 9.17) is 0 Å². The molecule has 23 heavy (non-hydrogen) atoms. The number of alkyl halides is 3. The van der Waals surface area contributed by atoms with Gasteiger partial charge in [-0.05, 0) is 38.0 Å². The van der Waals surface area contributed by atoms with Crippen molar-refractivity contribution in [3.8, 4) is 0 Å². The molecule has 0 fully saturated rings. The predicted molar refractivity (Wildman–Crippen MR) is 77.7 cm³/mol. The highest BCUT2D eigenvalue weighted by molar-refractivity contribution is 5.95. The second-order valence-electron chi connectivity index (χ2n) is 5.61. The van der Waals surface area contributed by atoms with E-state index in [1.54, 1.807) is 13.0 Å². The summed E-state index contributed by atoms with van der Waals surface area (Å²) in [6, 6.07) is 4.27. The van der Waals surface area contributed by atoms with Gasteiger partial charge in [-0.3, -0.25) is 9.59 Å². The molecule has 7 heteroatoms. The maximum Gasteiger partial charge on any atom is 0.416 e. The Kier molecular flexibility index (Phi) is 4.77. The highest BCUT2D eigenvalue weighted by Crippen LogP contribution is 2.33. The van der Waals surface area contributed by atoms with Crippen molar-refractivity contribution >= 4 is 17.6 Å². The van der Waals surface area contributed by atoms with Crippen molar-refractivity contribution in [2.75, 3.05) is 5.32 Å². The van der Waals surface area contributed by atoms with Gasteiger partial charge in [0.1, 0.15) is 0 Å². The zero-order valence-corrected chi connectivity index (χ0v) is 12.4. The molecule has 0 saturated heterocycles. The molecule has 0 saturated carbocycles. The summed E-state index contributed by atoms with van der Waals surface area (Å²) < 4.78 is 38.0. The van der Waals surface area contributed by atoms with Crippen LogP contribution in [0.15, 0.2) is 35.9 Å². The zero-order valence-electron chi connectivity index (χ0n) is 12.4. The number of hydrogen-bond acceptors (Lipinski definition) is 2. The first-order chi connectivity index (χ1) is 10.7. The van der Waals surface area contributed by atoms with E-state index in [2.05, 4.69) is 5.32 Å². The summed E-state index contributed by atoms with van der Waals surface area (Å²) in [7, 11) is 0. The van der Waals surface area contributed by atoms with Crippen LogP contribution in [0.2, 0.25) is 0 Å². The smallest absolute Gasteiger partial charge is 0.416 e. The first-order valence-electron chi connectivity index (χ1n) is 7.05. The van der Waals surface area contributed by atoms with Gasteiger partial charge in [0.05, 0.1) is 17.4 Å². The number of allylic oxidation sites excluding steroid dienone is 2. The van der Waals surface area contributed by atoms with Gasteiger partial charge in [-0.25, -0.2) is 0 Å². The lowest BCUT2D eigenvalue weighted by atomic mass is 9.79. The molecular formula is C16H16F3NO3. The summed E-state index contributed by atoms with van der Waals surface area (Å²) in [5.41, 5.74) is 0.0256. The second-order valence-corrected chi connectivity index (χ2v) is 5.61. The van der Waals surface area contributed by atoms with Crippen molar-refractivity contribution in [2.45, 2.75) is 25.9 Å². The molecule has 0 radical (unpaired) electrons. The summed E-state index contributed by atoms with van der Waals surface area (Å²) in [5.74, 6) is -3.33. The summed E-state index contributed by atoms with van der Waals surface area (Å²) in [6.07, 6.45) is -2.22. The van der Waals surface area contributed by atoms with Gasteiger partial charge >= 0.3 is 12.1 Å². The molecule has 2 rings (SSSR count). The topological polar surface area (TPSA) is 66.4 Å². The number of anilines is 1. The van der Waals surface area contributed by atoms with E-state index in [1.165, 1.54) is 12.1 Å². The Balaban J connectivity index is 2.18. The fourth-order valence-corrected chi connectivity index (χ4v) is 2.62. The van der Waals surface area contributed by atoms with Crippen molar-refractivity contribution in [1.82, 2.24) is 0 Å². The van der Waals surface area contributed by atoms with Gasteiger partial charge in [0.15, 0.2) is 0 Å². The molecule has 0 unspecified atom stereocenters. The van der Waals surface area contributed by atoms with Crippen LogP contribution in [0.3, 0.4) is 0 Å². The molecule has 1 aromatic rings. The fourth-order valence-electron chi connectivity index (χ4n) is 2.62. The van der Waals surface area contributed by atoms with E-state index >= 15 is 0 Å². The monoisotopic (exact) mass is 327 g/mol. The van der Waals surface area contributed by atoms with Crippen molar-refractivity contribution in [1.29, 1.82) is 0 Å². The van der Waals surface area contributed by atoms with Crippen molar-refractivity contribution < 1.29 is 27.9 Å². The Morgan fingerprint density at radius 3 is 2.57 bits per heavy atom. The summed E-state index contributed by atoms with van der Waals surface area (Å²) in [5, 5.41) is 11.6. The molecule has 4 nitrogen and oxygen atoms in total. The van der Waals surface area contributed by atoms with Crippen molar-refractivity contribution in [3.63, 3.8) is 0 Å². The number of carbonyl (C=O) groups excluding carboxylic acids is 1. The Labute approximate surface area is 131 Å². The maximum absolute atomic E-state index is 12.7. The molecule has 1 amide bonds. The van der Waals surface area contributed by atoms with Gasteiger partial charge in [-0.2, -0.15) is 13.2 Å². The Morgan fingerprint density at radius 1 is 1.26 bits per heavy atom. The molecule has 2 atom stereocenters. The quantitative estimate of drug-likeness (QED) is 0.832. The van der Waals surface area contributed by atoms with Crippen LogP contribution in [0.4, 0.5) is 18.9 Å². The molecule has 0 bridgehead atoms. The number of hydrogen-bond donors (Lipinski definition) is 2. The minimum Gasteiger partial charge on any atom is -0.481 e. The van der Waals surface area contributed by atoms with E-state index in [1.807, 2.05) is 0 Å². The van der Waals surface area contributed by atoms with Crippen LogP contribution < -0.4 is 5.32 Å². The van der Waals surface area contributed by atoms with Crippen LogP contribution in [-0.4, -0.2) is 17.0 Å². The number of aliphatic carboxylic acids is 1. The van der Waals surface area contributed by atoms with E-state index in [-0.39, 0.29) is 18.5 Å². The standard InChI is InChI=1S/C16H16F3NO3/c1-9-5-6-12(15(22)23)13(7-9)14(21)20-11-4-2-3-10(8-11)16(17,18)19/h2-5,8,12-13H,6-7H2,1H3,(H,20,21)(H,22,23)/t12-,13+/m1/s1. The molecule has 1 aliphatic rings. The van der Waals surface area contributed by atoms with E-state index < -0.39 is 35.5 Å². The Bertz CT molecular complexity index is 652. The normalized spacial score (nSPS) is 21.5. The molecule has 0 heterocycles. The van der Waals surface area contributed by atoms with Gasteiger partial charge in [0.2, 0.25) is 5.91 Å². The molecule has 1 aliphatic carbocycles. The molecule has 124 valence electrons. The maximum atomic E-state index is 12.7. The van der Waals surface area contributed by atoms with Crippen LogP contribution in [0.5, 0.6) is 0 Å². The third-order valence-electron chi connectivity index (χ3n) is 3.86. The zero-order chi connectivity index (χ0) is 17.2. The van der Waals surface area contributed by atoms with E-state index in [0.29, 0.717) is 0 Å². The van der Waals surface area contributed by atoms with Gasteiger partial charge in [-0.15, -0.1) is 0 Å². The lowest BCUT2D eigenvalue weighted by Gasteiger charge is -2.26.